The largest absolute Gasteiger partial charge is 0.0654 e. The number of benzene rings is 1. The molecular weight excluding hydrogens is 199 g/mol. The summed E-state index contributed by atoms with van der Waals surface area (Å²) in [7, 11) is 1.50. The van der Waals surface area contributed by atoms with E-state index in [0.29, 0.717) is 0 Å². The van der Waals surface area contributed by atoms with Gasteiger partial charge < -0.3 is 0 Å². The zero-order chi connectivity index (χ0) is 10.9. The minimum Gasteiger partial charge on any atom is -0.0654 e. The third-order valence-corrected chi connectivity index (χ3v) is 3.79. The highest BCUT2D eigenvalue weighted by Crippen LogP contribution is 2.14. The van der Waals surface area contributed by atoms with E-state index < -0.39 is 0 Å². The van der Waals surface area contributed by atoms with E-state index in [9.17, 15) is 0 Å². The van der Waals surface area contributed by atoms with Gasteiger partial charge in [-0.1, -0.05) is 62.4 Å². The fourth-order valence-corrected chi connectivity index (χ4v) is 2.57. The molecule has 0 nitrogen and oxygen atoms in total. The van der Waals surface area contributed by atoms with Crippen LogP contribution >= 0.6 is 8.58 Å². The van der Waals surface area contributed by atoms with E-state index in [0.717, 1.165) is 0 Å². The van der Waals surface area contributed by atoms with Crippen molar-refractivity contribution in [2.45, 2.75) is 46.0 Å². The summed E-state index contributed by atoms with van der Waals surface area (Å²) in [6.45, 7) is 4.41. The predicted octanol–water partition coefficient (Wildman–Crippen LogP) is 4.54. The molecule has 1 radical (unpaired) electrons. The van der Waals surface area contributed by atoms with Gasteiger partial charge in [-0.15, -0.1) is 0 Å². The van der Waals surface area contributed by atoms with Crippen LogP contribution in [0.15, 0.2) is 24.3 Å². The molecule has 0 N–H and O–H groups in total. The first-order valence-electron chi connectivity index (χ1n) is 6.07. The van der Waals surface area contributed by atoms with Crippen molar-refractivity contribution in [2.75, 3.05) is 6.16 Å². The van der Waals surface area contributed by atoms with Crippen molar-refractivity contribution in [3.63, 3.8) is 0 Å². The van der Waals surface area contributed by atoms with Crippen LogP contribution < -0.4 is 5.30 Å². The Balaban J connectivity index is 2.07. The van der Waals surface area contributed by atoms with Gasteiger partial charge in [-0.2, -0.15) is 0 Å². The Bertz CT molecular complexity index is 251. The summed E-state index contributed by atoms with van der Waals surface area (Å²) in [5, 5.41) is 1.47. The highest BCUT2D eigenvalue weighted by Gasteiger charge is 1.94. The maximum atomic E-state index is 2.27. The Morgan fingerprint density at radius 1 is 0.933 bits per heavy atom. The van der Waals surface area contributed by atoms with Crippen LogP contribution in [0.2, 0.25) is 0 Å². The van der Waals surface area contributed by atoms with Crippen LogP contribution in [0.5, 0.6) is 0 Å². The second-order valence-corrected chi connectivity index (χ2v) is 5.41. The number of unbranched alkanes of at least 4 members (excludes halogenated alkanes) is 4. The van der Waals surface area contributed by atoms with Crippen LogP contribution in [-0.2, 0) is 0 Å². The van der Waals surface area contributed by atoms with Gasteiger partial charge in [-0.05, 0) is 33.4 Å². The lowest BCUT2D eigenvalue weighted by Crippen LogP contribution is -1.94. The summed E-state index contributed by atoms with van der Waals surface area (Å²) in [5.41, 5.74) is 1.36. The summed E-state index contributed by atoms with van der Waals surface area (Å²) in [6.07, 6.45) is 8.28. The van der Waals surface area contributed by atoms with Crippen molar-refractivity contribution in [1.29, 1.82) is 0 Å². The molecule has 1 rings (SSSR count). The van der Waals surface area contributed by atoms with Crippen LogP contribution in [0.4, 0.5) is 0 Å². The van der Waals surface area contributed by atoms with Crippen molar-refractivity contribution < 1.29 is 0 Å². The first-order chi connectivity index (χ1) is 7.33. The topological polar surface area (TPSA) is 0 Å². The van der Waals surface area contributed by atoms with Crippen LogP contribution in [0.3, 0.4) is 0 Å². The molecule has 0 aliphatic rings. The molecule has 0 saturated carbocycles. The van der Waals surface area contributed by atoms with Gasteiger partial charge >= 0.3 is 0 Å². The van der Waals surface area contributed by atoms with Crippen LogP contribution in [-0.4, -0.2) is 6.16 Å². The lowest BCUT2D eigenvalue weighted by Gasteiger charge is -2.01. The van der Waals surface area contributed by atoms with Gasteiger partial charge in [-0.3, -0.25) is 0 Å². The number of hydrogen-bond donors (Lipinski definition) is 0. The van der Waals surface area contributed by atoms with Gasteiger partial charge in [0.1, 0.15) is 0 Å². The fraction of sp³-hybridized carbons (Fsp3) is 0.571. The van der Waals surface area contributed by atoms with Crippen molar-refractivity contribution in [3.8, 4) is 0 Å². The molecule has 0 unspecified atom stereocenters. The Labute approximate surface area is 96.3 Å². The molecule has 83 valence electrons. The van der Waals surface area contributed by atoms with E-state index in [2.05, 4.69) is 38.1 Å². The molecule has 1 aromatic carbocycles. The SMILES string of the molecule is CCCCCCC[P]c1ccc(C)cc1. The molecule has 0 spiro atoms. The Morgan fingerprint density at radius 3 is 2.27 bits per heavy atom. The van der Waals surface area contributed by atoms with Crippen molar-refractivity contribution in [3.05, 3.63) is 29.8 Å². The first kappa shape index (κ1) is 12.7. The maximum absolute atomic E-state index is 2.27. The number of rotatable bonds is 7. The fourth-order valence-electron chi connectivity index (χ4n) is 1.57. The predicted molar refractivity (Wildman–Crippen MR) is 71.4 cm³/mol. The lowest BCUT2D eigenvalue weighted by atomic mass is 10.2. The zero-order valence-corrected chi connectivity index (χ0v) is 10.9. The standard InChI is InChI=1S/C14H22P/c1-3-4-5-6-7-12-15-14-10-8-13(2)9-11-14/h8-11H,3-7,12H2,1-2H3. The zero-order valence-electron chi connectivity index (χ0n) is 10.00. The summed E-state index contributed by atoms with van der Waals surface area (Å²) < 4.78 is 0. The molecule has 0 aliphatic carbocycles. The van der Waals surface area contributed by atoms with Gasteiger partial charge in [0.2, 0.25) is 0 Å². The van der Waals surface area contributed by atoms with Gasteiger partial charge in [0, 0.05) is 0 Å². The molecule has 0 aliphatic heterocycles. The van der Waals surface area contributed by atoms with Gasteiger partial charge in [0.15, 0.2) is 0 Å². The minimum atomic E-state index is 1.33. The molecule has 0 saturated heterocycles. The van der Waals surface area contributed by atoms with Crippen molar-refractivity contribution >= 4 is 13.9 Å². The van der Waals surface area contributed by atoms with E-state index in [1.807, 2.05) is 0 Å². The molecule has 1 heteroatoms. The summed E-state index contributed by atoms with van der Waals surface area (Å²) in [4.78, 5) is 0. The van der Waals surface area contributed by atoms with Crippen LogP contribution in [0, 0.1) is 6.92 Å². The second-order valence-electron chi connectivity index (χ2n) is 4.13. The smallest absolute Gasteiger partial charge is 0.0193 e. The molecule has 15 heavy (non-hydrogen) atoms. The van der Waals surface area contributed by atoms with Crippen molar-refractivity contribution in [1.82, 2.24) is 0 Å². The van der Waals surface area contributed by atoms with E-state index >= 15 is 0 Å². The van der Waals surface area contributed by atoms with E-state index in [1.54, 1.807) is 0 Å². The average molecular weight is 221 g/mol. The Hall–Kier alpha value is -0.350. The summed E-state index contributed by atoms with van der Waals surface area (Å²) in [6, 6.07) is 8.92. The summed E-state index contributed by atoms with van der Waals surface area (Å²) in [5.74, 6) is 0. The van der Waals surface area contributed by atoms with E-state index in [1.165, 1.54) is 57.7 Å². The van der Waals surface area contributed by atoms with Gasteiger partial charge in [0.05, 0.1) is 0 Å². The molecular formula is C14H22P. The molecule has 0 amide bonds. The number of aryl methyl sites for hydroxylation is 1. The minimum absolute atomic E-state index is 1.33. The van der Waals surface area contributed by atoms with Crippen molar-refractivity contribution in [2.24, 2.45) is 0 Å². The average Bonchev–Trinajstić information content (AvgIpc) is 2.26. The number of hydrogen-bond acceptors (Lipinski definition) is 0. The molecule has 0 bridgehead atoms. The Morgan fingerprint density at radius 2 is 1.60 bits per heavy atom. The second kappa shape index (κ2) is 7.88. The van der Waals surface area contributed by atoms with E-state index in [-0.39, 0.29) is 0 Å². The third-order valence-electron chi connectivity index (χ3n) is 2.59. The molecule has 0 aromatic heterocycles. The first-order valence-corrected chi connectivity index (χ1v) is 7.15. The van der Waals surface area contributed by atoms with Crippen LogP contribution in [0.1, 0.15) is 44.6 Å². The van der Waals surface area contributed by atoms with Crippen LogP contribution in [0.25, 0.3) is 0 Å². The third kappa shape index (κ3) is 5.95. The quantitative estimate of drug-likeness (QED) is 0.468. The normalized spacial score (nSPS) is 11.3. The van der Waals surface area contributed by atoms with E-state index in [4.69, 9.17) is 0 Å². The highest BCUT2D eigenvalue weighted by atomic mass is 31.1. The lowest BCUT2D eigenvalue weighted by molar-refractivity contribution is 0.659. The highest BCUT2D eigenvalue weighted by molar-refractivity contribution is 7.47. The van der Waals surface area contributed by atoms with Gasteiger partial charge in [0.25, 0.3) is 0 Å². The maximum Gasteiger partial charge on any atom is -0.0193 e. The Kier molecular flexibility index (Phi) is 6.68. The molecule has 0 fully saturated rings. The summed E-state index contributed by atoms with van der Waals surface area (Å²) >= 11 is 0. The molecule has 0 atom stereocenters. The monoisotopic (exact) mass is 221 g/mol. The van der Waals surface area contributed by atoms with Gasteiger partial charge in [-0.25, -0.2) is 0 Å². The molecule has 0 heterocycles. The molecule has 1 aromatic rings.